The van der Waals surface area contributed by atoms with Gasteiger partial charge in [0.05, 0.1) is 0 Å². The Hall–Kier alpha value is -3.51. The number of anilines is 1. The van der Waals surface area contributed by atoms with Gasteiger partial charge in [0.1, 0.15) is 17.7 Å². The zero-order chi connectivity index (χ0) is 20.5. The molecule has 0 bridgehead atoms. The minimum Gasteiger partial charge on any atom is -0.441 e. The number of hydrogen-bond donors (Lipinski definition) is 4. The van der Waals surface area contributed by atoms with Crippen LogP contribution in [0, 0.1) is 0 Å². The average Bonchev–Trinajstić information content (AvgIpc) is 2.68. The van der Waals surface area contributed by atoms with E-state index in [4.69, 9.17) is 10.5 Å². The predicted octanol–water partition coefficient (Wildman–Crippen LogP) is 3.68. The number of hydrogen-bond acceptors (Lipinski definition) is 5. The van der Waals surface area contributed by atoms with Gasteiger partial charge in [-0.2, -0.15) is 0 Å². The van der Waals surface area contributed by atoms with Crippen LogP contribution in [0.25, 0.3) is 0 Å². The van der Waals surface area contributed by atoms with Crippen molar-refractivity contribution in [3.63, 3.8) is 0 Å². The van der Waals surface area contributed by atoms with E-state index in [9.17, 15) is 5.11 Å². The number of ether oxygens (including phenoxy) is 1. The van der Waals surface area contributed by atoms with Gasteiger partial charge in [-0.3, -0.25) is 0 Å². The maximum Gasteiger partial charge on any atom is 0.196 e. The molecule has 2 aromatic carbocycles. The highest BCUT2D eigenvalue weighted by Crippen LogP contribution is 2.23. The minimum atomic E-state index is -0.800. The lowest BCUT2D eigenvalue weighted by Crippen LogP contribution is -2.18. The van der Waals surface area contributed by atoms with Crippen molar-refractivity contribution >= 4 is 11.5 Å². The second kappa shape index (κ2) is 9.99. The molecule has 5 N–H and O–H groups in total. The number of nitrogens with one attached hydrogen (secondary N) is 2. The van der Waals surface area contributed by atoms with E-state index in [-0.39, 0.29) is 0 Å². The highest BCUT2D eigenvalue weighted by Gasteiger charge is 2.11. The molecule has 0 radical (unpaired) electrons. The van der Waals surface area contributed by atoms with Gasteiger partial charge >= 0.3 is 0 Å². The number of aliphatic hydroxyl groups excluding tert-OH is 1. The number of nitrogens with two attached hydrogens (primary N) is 1. The van der Waals surface area contributed by atoms with E-state index in [1.165, 1.54) is 0 Å². The minimum absolute atomic E-state index is 0.293. The summed E-state index contributed by atoms with van der Waals surface area (Å²) < 4.78 is 5.75. The van der Waals surface area contributed by atoms with Crippen molar-refractivity contribution in [2.75, 3.05) is 12.4 Å². The lowest BCUT2D eigenvalue weighted by atomic mass is 10.1. The Kier molecular flexibility index (Phi) is 7.42. The topological polar surface area (TPSA) is 91.9 Å². The summed E-state index contributed by atoms with van der Waals surface area (Å²) in [5.74, 6) is 1.36. The van der Waals surface area contributed by atoms with E-state index >= 15 is 0 Å². The van der Waals surface area contributed by atoms with Crippen molar-refractivity contribution in [3.05, 3.63) is 96.7 Å². The molecule has 1 atom stereocenters. The Morgan fingerprint density at radius 3 is 2.36 bits per heavy atom. The fourth-order valence-electron chi connectivity index (χ4n) is 2.36. The third kappa shape index (κ3) is 6.34. The summed E-state index contributed by atoms with van der Waals surface area (Å²) in [5.41, 5.74) is 8.46. The molecular weight excluding hydrogens is 352 g/mol. The molecule has 6 nitrogen and oxygen atoms in total. The Morgan fingerprint density at radius 1 is 1.14 bits per heavy atom. The van der Waals surface area contributed by atoms with Crippen LogP contribution in [0.15, 0.2) is 96.1 Å². The maximum atomic E-state index is 10.4. The van der Waals surface area contributed by atoms with Crippen molar-refractivity contribution < 1.29 is 9.84 Å². The van der Waals surface area contributed by atoms with Crippen LogP contribution in [-0.2, 0) is 0 Å². The molecule has 2 aromatic rings. The van der Waals surface area contributed by atoms with E-state index in [0.717, 1.165) is 11.3 Å². The second-order valence-corrected chi connectivity index (χ2v) is 6.12. The van der Waals surface area contributed by atoms with Gasteiger partial charge in [-0.25, -0.2) is 4.99 Å². The van der Waals surface area contributed by atoms with Crippen molar-refractivity contribution in [2.45, 2.75) is 13.0 Å². The largest absolute Gasteiger partial charge is 0.441 e. The van der Waals surface area contributed by atoms with Crippen molar-refractivity contribution in [3.8, 4) is 5.75 Å². The van der Waals surface area contributed by atoms with Crippen molar-refractivity contribution in [2.24, 2.45) is 10.7 Å². The van der Waals surface area contributed by atoms with Gasteiger partial charge < -0.3 is 26.2 Å². The van der Waals surface area contributed by atoms with E-state index in [1.807, 2.05) is 42.5 Å². The van der Waals surface area contributed by atoms with Crippen LogP contribution >= 0.6 is 0 Å². The molecule has 0 amide bonds. The fraction of sp³-hybridized carbons (Fsp3) is 0.136. The van der Waals surface area contributed by atoms with Gasteiger partial charge in [0.15, 0.2) is 5.88 Å². The van der Waals surface area contributed by atoms with Gasteiger partial charge in [-0.05, 0) is 36.8 Å². The van der Waals surface area contributed by atoms with Gasteiger partial charge in [-0.1, -0.05) is 43.5 Å². The van der Waals surface area contributed by atoms with E-state index in [0.29, 0.717) is 28.9 Å². The molecule has 0 saturated heterocycles. The van der Waals surface area contributed by atoms with Crippen LogP contribution in [0.1, 0.15) is 18.6 Å². The Labute approximate surface area is 165 Å². The lowest BCUT2D eigenvalue weighted by molar-refractivity contribution is 0.217. The van der Waals surface area contributed by atoms with Gasteiger partial charge in [0.2, 0.25) is 0 Å². The van der Waals surface area contributed by atoms with E-state index < -0.39 is 6.10 Å². The molecule has 0 unspecified atom stereocenters. The fourth-order valence-corrected chi connectivity index (χ4v) is 2.36. The number of benzene rings is 2. The first-order chi connectivity index (χ1) is 13.4. The normalized spacial score (nSPS) is 12.8. The number of nitrogens with zero attached hydrogens (tertiary/aromatic N) is 1. The number of allylic oxidation sites excluding steroid dienone is 1. The Morgan fingerprint density at radius 2 is 1.79 bits per heavy atom. The van der Waals surface area contributed by atoms with Crippen LogP contribution in [0.2, 0.25) is 0 Å². The first-order valence-corrected chi connectivity index (χ1v) is 8.75. The molecule has 0 aliphatic carbocycles. The third-order valence-electron chi connectivity index (χ3n) is 3.68. The van der Waals surface area contributed by atoms with E-state index in [2.05, 4.69) is 28.8 Å². The Balaban J connectivity index is 2.01. The van der Waals surface area contributed by atoms with Crippen LogP contribution in [-0.4, -0.2) is 18.0 Å². The second-order valence-electron chi connectivity index (χ2n) is 6.12. The number of amidine groups is 1. The van der Waals surface area contributed by atoms with Crippen LogP contribution in [0.3, 0.4) is 0 Å². The van der Waals surface area contributed by atoms with Gasteiger partial charge in [0, 0.05) is 30.2 Å². The van der Waals surface area contributed by atoms with Crippen LogP contribution < -0.4 is 21.1 Å². The molecule has 0 fully saturated rings. The number of rotatable bonds is 9. The summed E-state index contributed by atoms with van der Waals surface area (Å²) in [7, 11) is 1.73. The van der Waals surface area contributed by atoms with Crippen LogP contribution in [0.4, 0.5) is 5.69 Å². The number of aliphatic hydroxyl groups is 1. The predicted molar refractivity (Wildman–Crippen MR) is 115 cm³/mol. The van der Waals surface area contributed by atoms with Crippen molar-refractivity contribution in [1.82, 2.24) is 5.32 Å². The molecule has 0 heterocycles. The summed E-state index contributed by atoms with van der Waals surface area (Å²) >= 11 is 0. The van der Waals surface area contributed by atoms with E-state index in [1.54, 1.807) is 32.2 Å². The highest BCUT2D eigenvalue weighted by molar-refractivity contribution is 5.92. The summed E-state index contributed by atoms with van der Waals surface area (Å²) in [5, 5.41) is 16.4. The quantitative estimate of drug-likeness (QED) is 0.304. The summed E-state index contributed by atoms with van der Waals surface area (Å²) in [6, 6.07) is 16.6. The Bertz CT molecular complexity index is 871. The zero-order valence-corrected chi connectivity index (χ0v) is 16.1. The molecule has 0 spiro atoms. The number of aliphatic imine (C=N–C) groups is 1. The molecule has 0 aliphatic rings. The van der Waals surface area contributed by atoms with Gasteiger partial charge in [-0.15, -0.1) is 0 Å². The monoisotopic (exact) mass is 378 g/mol. The molecule has 0 aliphatic heterocycles. The summed E-state index contributed by atoms with van der Waals surface area (Å²) in [4.78, 5) is 4.06. The molecule has 0 saturated carbocycles. The molecule has 28 heavy (non-hydrogen) atoms. The zero-order valence-electron chi connectivity index (χ0n) is 16.1. The van der Waals surface area contributed by atoms with Crippen LogP contribution in [0.5, 0.6) is 5.75 Å². The molecule has 6 heteroatoms. The molecular formula is C22H26N4O2. The third-order valence-corrected chi connectivity index (χ3v) is 3.68. The standard InChI is InChI=1S/C22H26N4O2/c1-15(2)25-20(23)14-21(24-4)28-19-12-10-18(11-13-19)26-16(3)22(27)17-8-6-5-7-9-17/h5-14,22,24,26-27H,1,3H2,2,4H3,(H2,23,25)/b21-14+/t22-/m0/s1. The SMILES string of the molecule is C=C(C)N=C(N)/C=C(\NC)Oc1ccc(NC(=C)[C@H](O)c2ccccc2)cc1. The lowest BCUT2D eigenvalue weighted by Gasteiger charge is -2.17. The molecule has 146 valence electrons. The summed E-state index contributed by atoms with van der Waals surface area (Å²) in [6.45, 7) is 9.37. The average molecular weight is 378 g/mol. The molecule has 0 aromatic heterocycles. The first kappa shape index (κ1) is 20.8. The summed E-state index contributed by atoms with van der Waals surface area (Å²) in [6.07, 6.45) is 0.783. The van der Waals surface area contributed by atoms with Gasteiger partial charge in [0.25, 0.3) is 0 Å². The van der Waals surface area contributed by atoms with Crippen molar-refractivity contribution in [1.29, 1.82) is 0 Å². The molecule has 2 rings (SSSR count). The first-order valence-electron chi connectivity index (χ1n) is 8.75. The smallest absolute Gasteiger partial charge is 0.196 e. The maximum absolute atomic E-state index is 10.4. The highest BCUT2D eigenvalue weighted by atomic mass is 16.5.